The molecule has 0 fully saturated rings. The van der Waals surface area contributed by atoms with E-state index in [4.69, 9.17) is 9.47 Å². The summed E-state index contributed by atoms with van der Waals surface area (Å²) in [5, 5.41) is 12.8. The molecule has 0 aliphatic carbocycles. The number of fused-ring (bicyclic) bond motifs is 1. The number of nitrogens with zero attached hydrogens (tertiary/aromatic N) is 1. The van der Waals surface area contributed by atoms with Crippen LogP contribution in [-0.2, 0) is 11.3 Å². The maximum atomic E-state index is 12.5. The molecule has 0 aromatic heterocycles. The van der Waals surface area contributed by atoms with Crippen molar-refractivity contribution in [3.8, 4) is 5.75 Å². The molecule has 3 rings (SSSR count). The number of carbonyl (C=O) groups excluding carboxylic acids is 1. The number of nitro benzene ring substituents is 1. The Balaban J connectivity index is 1.87. The molecule has 0 N–H and O–H groups in total. The van der Waals surface area contributed by atoms with E-state index in [0.29, 0.717) is 11.3 Å². The molecular formula is C19H15NO5. The van der Waals surface area contributed by atoms with E-state index in [1.807, 2.05) is 24.3 Å². The summed E-state index contributed by atoms with van der Waals surface area (Å²) in [6.07, 6.45) is 0. The van der Waals surface area contributed by atoms with Crippen LogP contribution in [0.15, 0.2) is 60.7 Å². The van der Waals surface area contributed by atoms with Crippen LogP contribution in [0.2, 0.25) is 0 Å². The summed E-state index contributed by atoms with van der Waals surface area (Å²) >= 11 is 0. The first kappa shape index (κ1) is 16.4. The van der Waals surface area contributed by atoms with E-state index < -0.39 is 10.9 Å². The maximum absolute atomic E-state index is 12.5. The van der Waals surface area contributed by atoms with Gasteiger partial charge in [-0.15, -0.1) is 0 Å². The minimum absolute atomic E-state index is 0.0826. The average molecular weight is 337 g/mol. The van der Waals surface area contributed by atoms with Gasteiger partial charge in [0.1, 0.15) is 17.9 Å². The maximum Gasteiger partial charge on any atom is 0.342 e. The summed E-state index contributed by atoms with van der Waals surface area (Å²) in [6.45, 7) is -0.189. The zero-order chi connectivity index (χ0) is 17.8. The highest BCUT2D eigenvalue weighted by Crippen LogP contribution is 2.27. The van der Waals surface area contributed by atoms with Crippen molar-refractivity contribution in [3.05, 3.63) is 81.9 Å². The van der Waals surface area contributed by atoms with Gasteiger partial charge in [-0.05, 0) is 29.0 Å². The van der Waals surface area contributed by atoms with Crippen LogP contribution in [0.4, 0.5) is 5.69 Å². The predicted molar refractivity (Wildman–Crippen MR) is 92.7 cm³/mol. The van der Waals surface area contributed by atoms with Crippen LogP contribution in [0.25, 0.3) is 10.8 Å². The number of methoxy groups -OCH3 is 1. The zero-order valence-electron chi connectivity index (χ0n) is 13.5. The fourth-order valence-corrected chi connectivity index (χ4v) is 2.58. The van der Waals surface area contributed by atoms with Gasteiger partial charge in [0.05, 0.1) is 17.6 Å². The van der Waals surface area contributed by atoms with Gasteiger partial charge in [0.25, 0.3) is 5.69 Å². The monoisotopic (exact) mass is 337 g/mol. The number of nitro groups is 1. The lowest BCUT2D eigenvalue weighted by molar-refractivity contribution is -0.385. The Morgan fingerprint density at radius 1 is 1.04 bits per heavy atom. The fourth-order valence-electron chi connectivity index (χ4n) is 2.58. The highest BCUT2D eigenvalue weighted by Gasteiger charge is 2.18. The molecule has 0 heterocycles. The SMILES string of the molecule is COc1cc2ccccc2cc1C(=O)OCc1ccccc1[N+](=O)[O-]. The van der Waals surface area contributed by atoms with Crippen molar-refractivity contribution in [2.45, 2.75) is 6.61 Å². The summed E-state index contributed by atoms with van der Waals surface area (Å²) in [5.74, 6) is -0.202. The van der Waals surface area contributed by atoms with Crippen molar-refractivity contribution in [3.63, 3.8) is 0 Å². The van der Waals surface area contributed by atoms with Crippen LogP contribution in [0.5, 0.6) is 5.75 Å². The zero-order valence-corrected chi connectivity index (χ0v) is 13.5. The molecule has 0 spiro atoms. The number of benzene rings is 3. The van der Waals surface area contributed by atoms with Gasteiger partial charge in [0.15, 0.2) is 0 Å². The molecule has 0 aliphatic rings. The van der Waals surface area contributed by atoms with E-state index in [2.05, 4.69) is 0 Å². The third-order valence-electron chi connectivity index (χ3n) is 3.83. The molecule has 6 nitrogen and oxygen atoms in total. The molecule has 0 radical (unpaired) electrons. The molecule has 0 atom stereocenters. The van der Waals surface area contributed by atoms with Gasteiger partial charge in [-0.1, -0.05) is 36.4 Å². The van der Waals surface area contributed by atoms with Crippen LogP contribution in [0.1, 0.15) is 15.9 Å². The van der Waals surface area contributed by atoms with Crippen LogP contribution in [0, 0.1) is 10.1 Å². The summed E-state index contributed by atoms with van der Waals surface area (Å²) in [6, 6.07) is 17.2. The van der Waals surface area contributed by atoms with E-state index in [-0.39, 0.29) is 17.9 Å². The number of hydrogen-bond donors (Lipinski definition) is 0. The lowest BCUT2D eigenvalue weighted by Crippen LogP contribution is -2.08. The van der Waals surface area contributed by atoms with Gasteiger partial charge < -0.3 is 9.47 Å². The molecule has 0 saturated heterocycles. The van der Waals surface area contributed by atoms with Crippen LogP contribution < -0.4 is 4.74 Å². The predicted octanol–water partition coefficient (Wildman–Crippen LogP) is 4.11. The van der Waals surface area contributed by atoms with Gasteiger partial charge in [-0.25, -0.2) is 4.79 Å². The number of hydrogen-bond acceptors (Lipinski definition) is 5. The Morgan fingerprint density at radius 2 is 1.68 bits per heavy atom. The molecule has 126 valence electrons. The molecule has 0 saturated carbocycles. The summed E-state index contributed by atoms with van der Waals surface area (Å²) in [7, 11) is 1.48. The molecule has 25 heavy (non-hydrogen) atoms. The first-order chi connectivity index (χ1) is 12.1. The fraction of sp³-hybridized carbons (Fsp3) is 0.105. The van der Waals surface area contributed by atoms with Gasteiger partial charge in [-0.3, -0.25) is 10.1 Å². The number of para-hydroxylation sites is 1. The molecule has 3 aromatic rings. The van der Waals surface area contributed by atoms with Gasteiger partial charge in [-0.2, -0.15) is 0 Å². The summed E-state index contributed by atoms with van der Waals surface area (Å²) < 4.78 is 10.6. The Morgan fingerprint density at radius 3 is 2.36 bits per heavy atom. The lowest BCUT2D eigenvalue weighted by atomic mass is 10.1. The van der Waals surface area contributed by atoms with E-state index in [1.165, 1.54) is 13.2 Å². The Labute approximate surface area is 143 Å². The largest absolute Gasteiger partial charge is 0.496 e. The van der Waals surface area contributed by atoms with E-state index in [1.54, 1.807) is 30.3 Å². The Kier molecular flexibility index (Phi) is 4.61. The second kappa shape index (κ2) is 7.00. The normalized spacial score (nSPS) is 10.4. The van der Waals surface area contributed by atoms with Crippen molar-refractivity contribution >= 4 is 22.4 Å². The first-order valence-electron chi connectivity index (χ1n) is 7.56. The van der Waals surface area contributed by atoms with Gasteiger partial charge in [0, 0.05) is 6.07 Å². The molecule has 0 aliphatic heterocycles. The topological polar surface area (TPSA) is 78.7 Å². The van der Waals surface area contributed by atoms with E-state index in [0.717, 1.165) is 10.8 Å². The minimum Gasteiger partial charge on any atom is -0.496 e. The lowest BCUT2D eigenvalue weighted by Gasteiger charge is -2.10. The van der Waals surface area contributed by atoms with Crippen molar-refractivity contribution in [1.29, 1.82) is 0 Å². The number of carbonyl (C=O) groups is 1. The molecule has 0 bridgehead atoms. The van der Waals surface area contributed by atoms with Crippen molar-refractivity contribution in [2.24, 2.45) is 0 Å². The standard InChI is InChI=1S/C19H15NO5/c1-24-18-11-14-7-3-2-6-13(14)10-16(18)19(21)25-12-15-8-4-5-9-17(15)20(22)23/h2-11H,12H2,1H3. The molecular weight excluding hydrogens is 322 g/mol. The third-order valence-corrected chi connectivity index (χ3v) is 3.83. The van der Waals surface area contributed by atoms with Crippen molar-refractivity contribution < 1.29 is 19.2 Å². The van der Waals surface area contributed by atoms with Gasteiger partial charge >= 0.3 is 5.97 Å². The number of ether oxygens (including phenoxy) is 2. The molecule has 6 heteroatoms. The number of rotatable bonds is 5. The third kappa shape index (κ3) is 3.42. The summed E-state index contributed by atoms with van der Waals surface area (Å²) in [4.78, 5) is 23.0. The second-order valence-electron chi connectivity index (χ2n) is 5.36. The van der Waals surface area contributed by atoms with E-state index >= 15 is 0 Å². The Hall–Kier alpha value is -3.41. The molecule has 0 amide bonds. The summed E-state index contributed by atoms with van der Waals surface area (Å²) in [5.41, 5.74) is 0.529. The average Bonchev–Trinajstić information content (AvgIpc) is 2.65. The Bertz CT molecular complexity index is 951. The smallest absolute Gasteiger partial charge is 0.342 e. The number of esters is 1. The van der Waals surface area contributed by atoms with Crippen molar-refractivity contribution in [1.82, 2.24) is 0 Å². The quantitative estimate of drug-likeness (QED) is 0.398. The van der Waals surface area contributed by atoms with E-state index in [9.17, 15) is 14.9 Å². The highest BCUT2D eigenvalue weighted by atomic mass is 16.6. The van der Waals surface area contributed by atoms with Crippen LogP contribution >= 0.6 is 0 Å². The molecule has 3 aromatic carbocycles. The van der Waals surface area contributed by atoms with Crippen LogP contribution in [0.3, 0.4) is 0 Å². The highest BCUT2D eigenvalue weighted by molar-refractivity contribution is 5.98. The minimum atomic E-state index is -0.597. The van der Waals surface area contributed by atoms with Gasteiger partial charge in [0.2, 0.25) is 0 Å². The van der Waals surface area contributed by atoms with Crippen LogP contribution in [-0.4, -0.2) is 18.0 Å². The van der Waals surface area contributed by atoms with Crippen molar-refractivity contribution in [2.75, 3.05) is 7.11 Å². The first-order valence-corrected chi connectivity index (χ1v) is 7.56. The second-order valence-corrected chi connectivity index (χ2v) is 5.36. The molecule has 0 unspecified atom stereocenters.